The van der Waals surface area contributed by atoms with Crippen LogP contribution in [0.5, 0.6) is 0 Å². The van der Waals surface area contributed by atoms with Gasteiger partial charge < -0.3 is 14.9 Å². The summed E-state index contributed by atoms with van der Waals surface area (Å²) in [5.74, 6) is -1.08. The molecular weight excluding hydrogens is 304 g/mol. The predicted molar refractivity (Wildman–Crippen MR) is 72.3 cm³/mol. The molecule has 21 heavy (non-hydrogen) atoms. The van der Waals surface area contributed by atoms with Gasteiger partial charge in [-0.25, -0.2) is 4.79 Å². The molecular formula is C12H15ClN2O6. The third kappa shape index (κ3) is 3.08. The summed E-state index contributed by atoms with van der Waals surface area (Å²) in [5, 5.41) is 19.6. The van der Waals surface area contributed by atoms with Crippen LogP contribution in [0.25, 0.3) is 0 Å². The van der Waals surface area contributed by atoms with Crippen LogP contribution in [0.15, 0.2) is 15.8 Å². The molecule has 0 amide bonds. The van der Waals surface area contributed by atoms with E-state index in [9.17, 15) is 24.6 Å². The number of aromatic amines is 1. The first-order chi connectivity index (χ1) is 9.85. The number of H-pyrrole nitrogens is 1. The minimum Gasteiger partial charge on any atom is -0.390 e. The molecule has 116 valence electrons. The van der Waals surface area contributed by atoms with Crippen LogP contribution in [0.1, 0.15) is 18.2 Å². The minimum absolute atomic E-state index is 0.00266. The molecule has 1 unspecified atom stereocenters. The predicted octanol–water partition coefficient (Wildman–Crippen LogP) is -1.34. The molecule has 3 N–H and O–H groups in total. The number of aliphatic hydroxyl groups excluding tert-OH is 2. The topological polar surface area (TPSA) is 122 Å². The highest BCUT2D eigenvalue weighted by atomic mass is 35.5. The second-order valence-corrected chi connectivity index (χ2v) is 5.15. The molecule has 0 radical (unpaired) electrons. The summed E-state index contributed by atoms with van der Waals surface area (Å²) in [6.45, 7) is 1.52. The van der Waals surface area contributed by atoms with E-state index in [1.165, 1.54) is 13.1 Å². The van der Waals surface area contributed by atoms with Crippen molar-refractivity contribution in [3.05, 3.63) is 32.6 Å². The van der Waals surface area contributed by atoms with Crippen LogP contribution < -0.4 is 11.2 Å². The van der Waals surface area contributed by atoms with E-state index in [4.69, 9.17) is 16.3 Å². The van der Waals surface area contributed by atoms with Gasteiger partial charge >= 0.3 is 5.69 Å². The third-order valence-electron chi connectivity index (χ3n) is 3.37. The van der Waals surface area contributed by atoms with Gasteiger partial charge in [-0.3, -0.25) is 19.1 Å². The first-order valence-electron chi connectivity index (χ1n) is 6.27. The average molecular weight is 319 g/mol. The van der Waals surface area contributed by atoms with Crippen LogP contribution in [0.3, 0.4) is 0 Å². The number of hydrogen-bond donors (Lipinski definition) is 3. The molecule has 0 spiro atoms. The van der Waals surface area contributed by atoms with Crippen molar-refractivity contribution >= 4 is 17.4 Å². The Hall–Kier alpha value is -1.48. The largest absolute Gasteiger partial charge is 0.390 e. The Balaban J connectivity index is 2.25. The summed E-state index contributed by atoms with van der Waals surface area (Å²) in [5.41, 5.74) is -0.904. The Morgan fingerprint density at radius 3 is 2.90 bits per heavy atom. The number of rotatable bonds is 4. The van der Waals surface area contributed by atoms with E-state index in [0.717, 1.165) is 4.57 Å². The van der Waals surface area contributed by atoms with E-state index >= 15 is 0 Å². The molecule has 1 fully saturated rings. The molecule has 8 nitrogen and oxygen atoms in total. The monoisotopic (exact) mass is 318 g/mol. The SMILES string of the molecule is Cc1cn([C@H]2C[C@H](O)[C@@H](C(O)C(=O)CCl)O2)c(=O)[nH]c1=O. The maximum absolute atomic E-state index is 11.7. The van der Waals surface area contributed by atoms with Crippen LogP contribution >= 0.6 is 11.6 Å². The molecule has 1 aromatic heterocycles. The van der Waals surface area contributed by atoms with Crippen molar-refractivity contribution in [1.82, 2.24) is 9.55 Å². The molecule has 0 saturated carbocycles. The van der Waals surface area contributed by atoms with Crippen LogP contribution in [-0.4, -0.2) is 49.7 Å². The van der Waals surface area contributed by atoms with Gasteiger partial charge in [0.15, 0.2) is 5.78 Å². The second-order valence-electron chi connectivity index (χ2n) is 4.88. The summed E-state index contributed by atoms with van der Waals surface area (Å²) in [4.78, 5) is 36.5. The molecule has 4 atom stereocenters. The second kappa shape index (κ2) is 6.10. The Kier molecular flexibility index (Phi) is 4.62. The summed E-state index contributed by atoms with van der Waals surface area (Å²) in [7, 11) is 0. The Morgan fingerprint density at radius 2 is 2.29 bits per heavy atom. The van der Waals surface area contributed by atoms with E-state index < -0.39 is 47.5 Å². The third-order valence-corrected chi connectivity index (χ3v) is 3.63. The van der Waals surface area contributed by atoms with Crippen molar-refractivity contribution in [2.24, 2.45) is 0 Å². The number of nitrogens with one attached hydrogen (secondary N) is 1. The number of nitrogens with zero attached hydrogens (tertiary/aromatic N) is 1. The van der Waals surface area contributed by atoms with Gasteiger partial charge in [0.2, 0.25) is 0 Å². The average Bonchev–Trinajstić information content (AvgIpc) is 2.82. The molecule has 0 aliphatic carbocycles. The van der Waals surface area contributed by atoms with Crippen molar-refractivity contribution in [3.63, 3.8) is 0 Å². The molecule has 9 heteroatoms. The number of halogens is 1. The zero-order valence-corrected chi connectivity index (χ0v) is 11.9. The van der Waals surface area contributed by atoms with E-state index in [1.807, 2.05) is 0 Å². The minimum atomic E-state index is -1.57. The smallest absolute Gasteiger partial charge is 0.330 e. The van der Waals surface area contributed by atoms with Crippen molar-refractivity contribution in [2.75, 3.05) is 5.88 Å². The van der Waals surface area contributed by atoms with Gasteiger partial charge in [0.25, 0.3) is 5.56 Å². The van der Waals surface area contributed by atoms with Crippen LogP contribution in [-0.2, 0) is 9.53 Å². The molecule has 1 aromatic rings. The maximum Gasteiger partial charge on any atom is 0.330 e. The molecule has 2 heterocycles. The highest BCUT2D eigenvalue weighted by Gasteiger charge is 2.42. The number of aryl methyl sites for hydroxylation is 1. The molecule has 2 rings (SSSR count). The maximum atomic E-state index is 11.7. The first-order valence-corrected chi connectivity index (χ1v) is 6.81. The normalized spacial score (nSPS) is 26.8. The van der Waals surface area contributed by atoms with E-state index in [1.54, 1.807) is 0 Å². The molecule has 1 aliphatic rings. The lowest BCUT2D eigenvalue weighted by Crippen LogP contribution is -2.41. The number of ketones is 1. The van der Waals surface area contributed by atoms with Crippen molar-refractivity contribution in [1.29, 1.82) is 0 Å². The van der Waals surface area contributed by atoms with Gasteiger partial charge in [-0.1, -0.05) is 0 Å². The van der Waals surface area contributed by atoms with Gasteiger partial charge in [-0.2, -0.15) is 0 Å². The van der Waals surface area contributed by atoms with E-state index in [-0.39, 0.29) is 6.42 Å². The number of alkyl halides is 1. The zero-order valence-electron chi connectivity index (χ0n) is 11.2. The van der Waals surface area contributed by atoms with E-state index in [2.05, 4.69) is 4.98 Å². The standard InChI is InChI=1S/C12H15ClN2O6/c1-5-4-15(12(20)14-11(5)19)8-2-6(16)10(21-8)9(18)7(17)3-13/h4,6,8-10,16,18H,2-3H2,1H3,(H,14,19,20)/t6-,8+,9?,10-/m0/s1. The van der Waals surface area contributed by atoms with Crippen molar-refractivity contribution in [2.45, 2.75) is 37.9 Å². The number of Topliss-reactive ketones (excluding diaryl/α,β-unsaturated/α-hetero) is 1. The van der Waals surface area contributed by atoms with Crippen molar-refractivity contribution < 1.29 is 19.7 Å². The first kappa shape index (κ1) is 15.9. The summed E-state index contributed by atoms with van der Waals surface area (Å²) >= 11 is 5.35. The molecule has 0 aromatic carbocycles. The lowest BCUT2D eigenvalue weighted by atomic mass is 10.1. The number of hydrogen-bond acceptors (Lipinski definition) is 6. The Morgan fingerprint density at radius 1 is 1.62 bits per heavy atom. The van der Waals surface area contributed by atoms with Crippen LogP contribution in [0.4, 0.5) is 0 Å². The molecule has 1 saturated heterocycles. The number of carbonyl (C=O) groups is 1. The van der Waals surface area contributed by atoms with Gasteiger partial charge in [0.05, 0.1) is 12.0 Å². The summed E-state index contributed by atoms with van der Waals surface area (Å²) in [6.07, 6.45) is -3.44. The number of carbonyl (C=O) groups excluding carboxylic acids is 1. The Labute approximate surface area is 123 Å². The van der Waals surface area contributed by atoms with Crippen LogP contribution in [0, 0.1) is 6.92 Å². The Bertz CT molecular complexity index is 654. The van der Waals surface area contributed by atoms with Gasteiger partial charge in [-0.15, -0.1) is 11.6 Å². The van der Waals surface area contributed by atoms with Gasteiger partial charge in [0.1, 0.15) is 18.4 Å². The highest BCUT2D eigenvalue weighted by Crippen LogP contribution is 2.29. The quantitative estimate of drug-likeness (QED) is 0.591. The van der Waals surface area contributed by atoms with Crippen LogP contribution in [0.2, 0.25) is 0 Å². The fraction of sp³-hybridized carbons (Fsp3) is 0.583. The lowest BCUT2D eigenvalue weighted by molar-refractivity contribution is -0.138. The summed E-state index contributed by atoms with van der Waals surface area (Å²) < 4.78 is 6.49. The zero-order chi connectivity index (χ0) is 15.7. The molecule has 0 bridgehead atoms. The number of aliphatic hydroxyl groups is 2. The van der Waals surface area contributed by atoms with Crippen molar-refractivity contribution in [3.8, 4) is 0 Å². The molecule has 1 aliphatic heterocycles. The number of ether oxygens (including phenoxy) is 1. The van der Waals surface area contributed by atoms with E-state index in [0.29, 0.717) is 5.56 Å². The number of aromatic nitrogens is 2. The highest BCUT2D eigenvalue weighted by molar-refractivity contribution is 6.28. The van der Waals surface area contributed by atoms with Gasteiger partial charge in [0, 0.05) is 18.2 Å². The van der Waals surface area contributed by atoms with Gasteiger partial charge in [-0.05, 0) is 6.92 Å². The summed E-state index contributed by atoms with van der Waals surface area (Å²) in [6, 6.07) is 0. The fourth-order valence-electron chi connectivity index (χ4n) is 2.19. The lowest BCUT2D eigenvalue weighted by Gasteiger charge is -2.19. The fourth-order valence-corrected chi connectivity index (χ4v) is 2.35.